The molecule has 78 valence electrons. The summed E-state index contributed by atoms with van der Waals surface area (Å²) in [5.74, 6) is 0. The van der Waals surface area contributed by atoms with Crippen molar-refractivity contribution in [3.05, 3.63) is 40.1 Å². The van der Waals surface area contributed by atoms with E-state index in [0.29, 0.717) is 0 Å². The Morgan fingerprint density at radius 3 is 2.40 bits per heavy atom. The van der Waals surface area contributed by atoms with Crippen molar-refractivity contribution in [2.75, 3.05) is 0 Å². The van der Waals surface area contributed by atoms with E-state index in [1.165, 1.54) is 0 Å². The van der Waals surface area contributed by atoms with Crippen molar-refractivity contribution in [2.45, 2.75) is 20.3 Å². The lowest BCUT2D eigenvalue weighted by molar-refractivity contribution is 0.736. The van der Waals surface area contributed by atoms with Crippen LogP contribution in [0.1, 0.15) is 18.3 Å². The highest BCUT2D eigenvalue weighted by Crippen LogP contribution is 2.13. The third kappa shape index (κ3) is 2.09. The van der Waals surface area contributed by atoms with Crippen LogP contribution in [0.25, 0.3) is 5.69 Å². The number of halogens is 1. The summed E-state index contributed by atoms with van der Waals surface area (Å²) in [7, 11) is 0. The van der Waals surface area contributed by atoms with E-state index in [2.05, 4.69) is 33.1 Å². The van der Waals surface area contributed by atoms with Gasteiger partial charge in [-0.3, -0.25) is 0 Å². The van der Waals surface area contributed by atoms with Crippen molar-refractivity contribution in [3.63, 3.8) is 0 Å². The Morgan fingerprint density at radius 2 is 1.87 bits per heavy atom. The summed E-state index contributed by atoms with van der Waals surface area (Å²) in [5, 5.41) is 8.79. The van der Waals surface area contributed by atoms with Gasteiger partial charge in [-0.1, -0.05) is 22.9 Å². The maximum Gasteiger partial charge on any atom is 0.0858 e. The van der Waals surface area contributed by atoms with Crippen LogP contribution in [0.4, 0.5) is 0 Å². The van der Waals surface area contributed by atoms with E-state index < -0.39 is 0 Å². The first kappa shape index (κ1) is 10.4. The molecule has 0 spiro atoms. The molecule has 0 aliphatic heterocycles. The molecule has 2 aromatic rings. The van der Waals surface area contributed by atoms with E-state index in [0.717, 1.165) is 28.0 Å². The van der Waals surface area contributed by atoms with Gasteiger partial charge in [-0.15, -0.1) is 0 Å². The number of benzene rings is 1. The van der Waals surface area contributed by atoms with Gasteiger partial charge in [0.1, 0.15) is 0 Å². The average Bonchev–Trinajstić information content (AvgIpc) is 2.61. The second-order valence-electron chi connectivity index (χ2n) is 3.35. The molecule has 3 nitrogen and oxygen atoms in total. The summed E-state index contributed by atoms with van der Waals surface area (Å²) >= 11 is 3.40. The molecule has 0 radical (unpaired) electrons. The minimum Gasteiger partial charge on any atom is -0.153 e. The Morgan fingerprint density at radius 1 is 1.20 bits per heavy atom. The third-order valence-corrected chi connectivity index (χ3v) is 2.80. The quantitative estimate of drug-likeness (QED) is 0.836. The molecular formula is C11H12BrN3. The predicted octanol–water partition coefficient (Wildman–Crippen LogP) is 2.90. The summed E-state index contributed by atoms with van der Waals surface area (Å²) in [6, 6.07) is 7.95. The minimum atomic E-state index is 0.919. The molecule has 0 fully saturated rings. The van der Waals surface area contributed by atoms with Gasteiger partial charge < -0.3 is 0 Å². The van der Waals surface area contributed by atoms with Crippen LogP contribution in [0.3, 0.4) is 0 Å². The Hall–Kier alpha value is -1.16. The molecule has 0 unspecified atom stereocenters. The molecule has 1 aromatic heterocycles. The number of hydrogen-bond donors (Lipinski definition) is 0. The summed E-state index contributed by atoms with van der Waals surface area (Å²) in [4.78, 5) is 1.68. The number of aromatic nitrogens is 3. The van der Waals surface area contributed by atoms with E-state index in [4.69, 9.17) is 0 Å². The maximum atomic E-state index is 4.42. The minimum absolute atomic E-state index is 0.919. The predicted molar refractivity (Wildman–Crippen MR) is 63.2 cm³/mol. The lowest BCUT2D eigenvalue weighted by Crippen LogP contribution is -1.98. The number of nitrogens with zero attached hydrogens (tertiary/aromatic N) is 3. The van der Waals surface area contributed by atoms with Crippen molar-refractivity contribution in [1.29, 1.82) is 0 Å². The van der Waals surface area contributed by atoms with Crippen molar-refractivity contribution >= 4 is 15.9 Å². The van der Waals surface area contributed by atoms with E-state index in [-0.39, 0.29) is 0 Å². The maximum absolute atomic E-state index is 4.42. The number of rotatable bonds is 2. The highest BCUT2D eigenvalue weighted by atomic mass is 79.9. The van der Waals surface area contributed by atoms with E-state index in [9.17, 15) is 0 Å². The van der Waals surface area contributed by atoms with E-state index >= 15 is 0 Å². The molecular weight excluding hydrogens is 254 g/mol. The van der Waals surface area contributed by atoms with Gasteiger partial charge in [0, 0.05) is 4.47 Å². The van der Waals surface area contributed by atoms with E-state index in [1.807, 2.05) is 31.2 Å². The second-order valence-corrected chi connectivity index (χ2v) is 4.27. The average molecular weight is 266 g/mol. The molecule has 0 N–H and O–H groups in total. The van der Waals surface area contributed by atoms with Gasteiger partial charge >= 0.3 is 0 Å². The Kier molecular flexibility index (Phi) is 2.86. The third-order valence-electron chi connectivity index (χ3n) is 2.27. The van der Waals surface area contributed by atoms with Crippen LogP contribution in [0.2, 0.25) is 0 Å². The molecule has 0 aliphatic carbocycles. The molecule has 1 aromatic carbocycles. The molecule has 0 aliphatic rings. The van der Waals surface area contributed by atoms with Crippen LogP contribution < -0.4 is 0 Å². The summed E-state index contributed by atoms with van der Waals surface area (Å²) in [5.41, 5.74) is 3.04. The monoisotopic (exact) mass is 265 g/mol. The topological polar surface area (TPSA) is 30.7 Å². The van der Waals surface area contributed by atoms with Crippen LogP contribution in [-0.2, 0) is 6.42 Å². The van der Waals surface area contributed by atoms with Crippen molar-refractivity contribution in [2.24, 2.45) is 0 Å². The van der Waals surface area contributed by atoms with Gasteiger partial charge in [0.15, 0.2) is 0 Å². The first-order valence-electron chi connectivity index (χ1n) is 4.89. The molecule has 0 saturated heterocycles. The first-order chi connectivity index (χ1) is 7.20. The van der Waals surface area contributed by atoms with Gasteiger partial charge in [-0.25, -0.2) is 0 Å². The van der Waals surface area contributed by atoms with Gasteiger partial charge in [0.25, 0.3) is 0 Å². The Balaban J connectivity index is 2.41. The molecule has 0 atom stereocenters. The standard InChI is InChI=1S/C11H12BrN3/c1-3-11-8(2)13-15(14-11)10-6-4-9(12)5-7-10/h4-7H,3H2,1-2H3. The van der Waals surface area contributed by atoms with Gasteiger partial charge in [-0.2, -0.15) is 15.0 Å². The molecule has 0 bridgehead atoms. The zero-order valence-corrected chi connectivity index (χ0v) is 10.3. The lowest BCUT2D eigenvalue weighted by Gasteiger charge is -1.98. The summed E-state index contributed by atoms with van der Waals surface area (Å²) < 4.78 is 1.06. The zero-order chi connectivity index (χ0) is 10.8. The highest BCUT2D eigenvalue weighted by molar-refractivity contribution is 9.10. The smallest absolute Gasteiger partial charge is 0.0858 e. The van der Waals surface area contributed by atoms with Crippen molar-refractivity contribution in [3.8, 4) is 5.69 Å². The molecule has 1 heterocycles. The van der Waals surface area contributed by atoms with Crippen molar-refractivity contribution in [1.82, 2.24) is 15.0 Å². The van der Waals surface area contributed by atoms with Gasteiger partial charge in [0.05, 0.1) is 17.1 Å². The van der Waals surface area contributed by atoms with Crippen LogP contribution in [-0.4, -0.2) is 15.0 Å². The van der Waals surface area contributed by atoms with Gasteiger partial charge in [-0.05, 0) is 37.6 Å². The van der Waals surface area contributed by atoms with Crippen LogP contribution in [0.15, 0.2) is 28.7 Å². The van der Waals surface area contributed by atoms with Gasteiger partial charge in [0.2, 0.25) is 0 Å². The normalized spacial score (nSPS) is 10.6. The number of hydrogen-bond acceptors (Lipinski definition) is 2. The van der Waals surface area contributed by atoms with Crippen LogP contribution in [0.5, 0.6) is 0 Å². The molecule has 0 saturated carbocycles. The lowest BCUT2D eigenvalue weighted by atomic mass is 10.3. The summed E-state index contributed by atoms with van der Waals surface area (Å²) in [6.45, 7) is 4.07. The Labute approximate surface area is 97.2 Å². The fraction of sp³-hybridized carbons (Fsp3) is 0.273. The molecule has 0 amide bonds. The Bertz CT molecular complexity index is 459. The second kappa shape index (κ2) is 4.14. The highest BCUT2D eigenvalue weighted by Gasteiger charge is 2.05. The van der Waals surface area contributed by atoms with Crippen molar-refractivity contribution < 1.29 is 0 Å². The molecule has 2 rings (SSSR count). The van der Waals surface area contributed by atoms with Crippen LogP contribution >= 0.6 is 15.9 Å². The van der Waals surface area contributed by atoms with E-state index in [1.54, 1.807) is 4.80 Å². The van der Waals surface area contributed by atoms with Crippen LogP contribution in [0, 0.1) is 6.92 Å². The largest absolute Gasteiger partial charge is 0.153 e. The SMILES string of the molecule is CCc1nn(-c2ccc(Br)cc2)nc1C. The molecule has 15 heavy (non-hydrogen) atoms. The zero-order valence-electron chi connectivity index (χ0n) is 8.74. The number of aryl methyl sites for hydroxylation is 2. The fourth-order valence-corrected chi connectivity index (χ4v) is 1.69. The first-order valence-corrected chi connectivity index (χ1v) is 5.68. The summed E-state index contributed by atoms with van der Waals surface area (Å²) in [6.07, 6.45) is 0.919. The molecule has 4 heteroatoms. The fourth-order valence-electron chi connectivity index (χ4n) is 1.43.